The molecule has 0 rings (SSSR count). The molecule has 0 saturated heterocycles. The molecule has 0 heterocycles. The molecule has 0 saturated carbocycles. The Morgan fingerprint density at radius 2 is 0.658 bits per heavy atom. The molecule has 0 bridgehead atoms. The molecule has 38 heavy (non-hydrogen) atoms. The topological polar surface area (TPSA) is 20.2 Å². The van der Waals surface area contributed by atoms with E-state index in [-0.39, 0.29) is 6.10 Å². The van der Waals surface area contributed by atoms with Crippen molar-refractivity contribution in [2.45, 2.75) is 187 Å². The van der Waals surface area contributed by atoms with Gasteiger partial charge in [-0.2, -0.15) is 0 Å². The average molecular weight is 529 g/mol. The Balaban J connectivity index is 3.29. The smallest absolute Gasteiger partial charge is 0.0540 e. The molecule has 0 fully saturated rings. The minimum absolute atomic E-state index is 0.0633. The van der Waals surface area contributed by atoms with Crippen molar-refractivity contribution in [1.29, 1.82) is 0 Å². The number of aliphatic hydroxyl groups is 1. The second-order valence-corrected chi connectivity index (χ2v) is 11.4. The van der Waals surface area contributed by atoms with Gasteiger partial charge in [-0.3, -0.25) is 0 Å². The fourth-order valence-corrected chi connectivity index (χ4v) is 4.88. The van der Waals surface area contributed by atoms with Gasteiger partial charge in [0.2, 0.25) is 0 Å². The minimum Gasteiger partial charge on any atom is -0.393 e. The monoisotopic (exact) mass is 529 g/mol. The fraction of sp³-hybridized carbons (Fsp3) is 0.784. The first kappa shape index (κ1) is 36.9. The van der Waals surface area contributed by atoms with Crippen LogP contribution in [0.2, 0.25) is 0 Å². The lowest BCUT2D eigenvalue weighted by Gasteiger charge is -2.10. The zero-order valence-electron chi connectivity index (χ0n) is 26.0. The van der Waals surface area contributed by atoms with Crippen molar-refractivity contribution in [2.75, 3.05) is 0 Å². The van der Waals surface area contributed by atoms with Crippen LogP contribution in [-0.4, -0.2) is 11.2 Å². The van der Waals surface area contributed by atoms with Crippen molar-refractivity contribution < 1.29 is 5.11 Å². The Morgan fingerprint density at radius 1 is 0.368 bits per heavy atom. The normalized spacial score (nSPS) is 13.2. The van der Waals surface area contributed by atoms with Crippen LogP contribution in [-0.2, 0) is 0 Å². The predicted molar refractivity (Wildman–Crippen MR) is 174 cm³/mol. The van der Waals surface area contributed by atoms with E-state index >= 15 is 0 Å². The van der Waals surface area contributed by atoms with Crippen LogP contribution in [0.1, 0.15) is 181 Å². The summed E-state index contributed by atoms with van der Waals surface area (Å²) in [4.78, 5) is 0. The van der Waals surface area contributed by atoms with Gasteiger partial charge in [-0.1, -0.05) is 152 Å². The van der Waals surface area contributed by atoms with Crippen LogP contribution in [0.4, 0.5) is 0 Å². The number of allylic oxidation sites excluding steroid dienone is 8. The zero-order valence-corrected chi connectivity index (χ0v) is 26.0. The molecule has 0 unspecified atom stereocenters. The molecule has 0 aromatic heterocycles. The van der Waals surface area contributed by atoms with E-state index < -0.39 is 0 Å². The van der Waals surface area contributed by atoms with Crippen molar-refractivity contribution in [3.63, 3.8) is 0 Å². The Labute approximate surface area is 240 Å². The van der Waals surface area contributed by atoms with E-state index in [2.05, 4.69) is 62.5 Å². The number of unbranched alkanes of at least 4 members (excludes halogenated alkanes) is 18. The third-order valence-corrected chi connectivity index (χ3v) is 7.48. The maximum atomic E-state index is 10.3. The molecule has 0 aliphatic rings. The van der Waals surface area contributed by atoms with Crippen LogP contribution in [0, 0.1) is 0 Å². The van der Waals surface area contributed by atoms with Gasteiger partial charge in [-0.05, 0) is 77.0 Å². The summed E-state index contributed by atoms with van der Waals surface area (Å²) in [6.45, 7) is 4.52. The highest BCUT2D eigenvalue weighted by Gasteiger charge is 2.03. The van der Waals surface area contributed by atoms with Gasteiger partial charge in [0.05, 0.1) is 6.10 Å². The van der Waals surface area contributed by atoms with E-state index in [4.69, 9.17) is 0 Å². The maximum absolute atomic E-state index is 10.3. The van der Waals surface area contributed by atoms with Crippen molar-refractivity contribution >= 4 is 0 Å². The van der Waals surface area contributed by atoms with Gasteiger partial charge in [0.15, 0.2) is 0 Å². The summed E-state index contributed by atoms with van der Waals surface area (Å²) in [6, 6.07) is 0. The van der Waals surface area contributed by atoms with Crippen LogP contribution in [0.25, 0.3) is 0 Å². The van der Waals surface area contributed by atoms with E-state index in [0.717, 1.165) is 25.7 Å². The van der Waals surface area contributed by atoms with E-state index in [1.807, 2.05) is 0 Å². The predicted octanol–water partition coefficient (Wildman–Crippen LogP) is 12.8. The lowest BCUT2D eigenvalue weighted by molar-refractivity contribution is 0.147. The largest absolute Gasteiger partial charge is 0.393 e. The molecule has 0 aromatic rings. The van der Waals surface area contributed by atoms with E-state index in [1.165, 1.54) is 141 Å². The molecule has 0 aromatic carbocycles. The first-order valence-corrected chi connectivity index (χ1v) is 17.1. The molecule has 1 heteroatoms. The molecular weight excluding hydrogens is 460 g/mol. The van der Waals surface area contributed by atoms with E-state index in [0.29, 0.717) is 0 Å². The second-order valence-electron chi connectivity index (χ2n) is 11.4. The summed E-state index contributed by atoms with van der Waals surface area (Å²) in [5, 5.41) is 10.3. The lowest BCUT2D eigenvalue weighted by Crippen LogP contribution is -2.05. The molecule has 1 nitrogen and oxygen atoms in total. The summed E-state index contributed by atoms with van der Waals surface area (Å²) >= 11 is 0. The highest BCUT2D eigenvalue weighted by molar-refractivity contribution is 4.93. The minimum atomic E-state index is -0.0633. The molecule has 0 radical (unpaired) electrons. The number of hydrogen-bond donors (Lipinski definition) is 1. The van der Waals surface area contributed by atoms with Crippen LogP contribution in [0.3, 0.4) is 0 Å². The molecular formula is C37H68O. The molecule has 222 valence electrons. The molecule has 0 aliphatic carbocycles. The molecule has 0 spiro atoms. The Bertz CT molecular complexity index is 493. The number of aliphatic hydroxyl groups excluding tert-OH is 1. The lowest BCUT2D eigenvalue weighted by atomic mass is 10.0. The van der Waals surface area contributed by atoms with E-state index in [1.54, 1.807) is 0 Å². The quantitative estimate of drug-likeness (QED) is 0.0726. The van der Waals surface area contributed by atoms with Crippen molar-refractivity contribution in [1.82, 2.24) is 0 Å². The molecule has 0 atom stereocenters. The van der Waals surface area contributed by atoms with Crippen LogP contribution >= 0.6 is 0 Å². The van der Waals surface area contributed by atoms with E-state index in [9.17, 15) is 5.11 Å². The SMILES string of the molecule is CCCCCC=CCC=CCCCCCCCCC(O)CCCCCCCCC=CCC=CCCCCC. The third-order valence-electron chi connectivity index (χ3n) is 7.48. The van der Waals surface area contributed by atoms with Crippen molar-refractivity contribution in [3.8, 4) is 0 Å². The highest BCUT2D eigenvalue weighted by atomic mass is 16.3. The highest BCUT2D eigenvalue weighted by Crippen LogP contribution is 2.15. The van der Waals surface area contributed by atoms with Crippen molar-refractivity contribution in [2.24, 2.45) is 0 Å². The first-order valence-electron chi connectivity index (χ1n) is 17.1. The van der Waals surface area contributed by atoms with Crippen LogP contribution < -0.4 is 0 Å². The van der Waals surface area contributed by atoms with Gasteiger partial charge in [-0.15, -0.1) is 0 Å². The zero-order chi connectivity index (χ0) is 27.6. The van der Waals surface area contributed by atoms with Gasteiger partial charge in [0.1, 0.15) is 0 Å². The van der Waals surface area contributed by atoms with Gasteiger partial charge >= 0.3 is 0 Å². The molecule has 0 aliphatic heterocycles. The third kappa shape index (κ3) is 32.9. The Hall–Kier alpha value is -1.08. The summed E-state index contributed by atoms with van der Waals surface area (Å²) in [5.74, 6) is 0. The van der Waals surface area contributed by atoms with Crippen molar-refractivity contribution in [3.05, 3.63) is 48.6 Å². The summed E-state index contributed by atoms with van der Waals surface area (Å²) in [7, 11) is 0. The van der Waals surface area contributed by atoms with Gasteiger partial charge in [-0.25, -0.2) is 0 Å². The Kier molecular flexibility index (Phi) is 33.0. The van der Waals surface area contributed by atoms with Crippen LogP contribution in [0.15, 0.2) is 48.6 Å². The Morgan fingerprint density at radius 3 is 1.00 bits per heavy atom. The van der Waals surface area contributed by atoms with Gasteiger partial charge in [0, 0.05) is 0 Å². The van der Waals surface area contributed by atoms with Crippen LogP contribution in [0.5, 0.6) is 0 Å². The fourth-order valence-electron chi connectivity index (χ4n) is 4.88. The number of hydrogen-bond acceptors (Lipinski definition) is 1. The standard InChI is InChI=1S/C37H68O/c1-3-5-7-9-11-13-15-17-19-21-23-25-27-29-31-33-35-37(38)36-34-32-30-28-26-24-22-20-18-16-14-12-10-8-6-4-2/h11-14,17-20,37-38H,3-10,15-16,21-36H2,1-2H3. The summed E-state index contributed by atoms with van der Waals surface area (Å²) in [5.41, 5.74) is 0. The summed E-state index contributed by atoms with van der Waals surface area (Å²) < 4.78 is 0. The summed E-state index contributed by atoms with van der Waals surface area (Å²) in [6.07, 6.45) is 51.6. The molecule has 0 amide bonds. The van der Waals surface area contributed by atoms with Gasteiger partial charge < -0.3 is 5.11 Å². The number of rotatable bonds is 30. The first-order chi connectivity index (χ1) is 18.8. The maximum Gasteiger partial charge on any atom is 0.0540 e. The molecule has 1 N–H and O–H groups in total. The average Bonchev–Trinajstić information content (AvgIpc) is 2.92. The second kappa shape index (κ2) is 33.9. The van der Waals surface area contributed by atoms with Gasteiger partial charge in [0.25, 0.3) is 0 Å².